The van der Waals surface area contributed by atoms with Crippen LogP contribution in [0.2, 0.25) is 0 Å². The maximum Gasteiger partial charge on any atom is 0.321 e. The van der Waals surface area contributed by atoms with Crippen molar-refractivity contribution in [1.82, 2.24) is 10.3 Å². The van der Waals surface area contributed by atoms with E-state index in [-0.39, 0.29) is 24.5 Å². The number of ether oxygens (including phenoxy) is 1. The number of urea groups is 1. The van der Waals surface area contributed by atoms with Gasteiger partial charge >= 0.3 is 12.0 Å². The number of benzene rings is 2. The monoisotopic (exact) mass is 487 g/mol. The van der Waals surface area contributed by atoms with Crippen molar-refractivity contribution >= 4 is 45.0 Å². The molecule has 0 unspecified atom stereocenters. The first-order valence-electron chi connectivity index (χ1n) is 9.37. The van der Waals surface area contributed by atoms with Gasteiger partial charge in [-0.15, -0.1) is 11.3 Å². The number of nitrogens with zero attached hydrogens (tertiary/aromatic N) is 2. The molecular weight excluding hydrogens is 466 g/mol. The molecule has 0 aliphatic heterocycles. The Hall–Kier alpha value is -2.71. The molecule has 156 valence electrons. The summed E-state index contributed by atoms with van der Waals surface area (Å²) in [6, 6.07) is 14.5. The van der Waals surface area contributed by atoms with E-state index in [4.69, 9.17) is 4.74 Å². The Kier molecular flexibility index (Phi) is 7.23. The predicted octanol–water partition coefficient (Wildman–Crippen LogP) is 5.27. The van der Waals surface area contributed by atoms with Crippen molar-refractivity contribution < 1.29 is 14.3 Å². The lowest BCUT2D eigenvalue weighted by Gasteiger charge is -2.20. The van der Waals surface area contributed by atoms with Crippen LogP contribution in [0.1, 0.15) is 19.5 Å². The van der Waals surface area contributed by atoms with Crippen molar-refractivity contribution in [1.29, 1.82) is 0 Å². The van der Waals surface area contributed by atoms with Crippen LogP contribution in [0.4, 0.5) is 10.5 Å². The van der Waals surface area contributed by atoms with Crippen LogP contribution in [0, 0.1) is 0 Å². The summed E-state index contributed by atoms with van der Waals surface area (Å²) in [5, 5.41) is 5.54. The van der Waals surface area contributed by atoms with E-state index in [0.717, 1.165) is 15.0 Å². The molecule has 1 N–H and O–H groups in total. The zero-order valence-electron chi connectivity index (χ0n) is 16.9. The first-order valence-corrected chi connectivity index (χ1v) is 11.0. The largest absolute Gasteiger partial charge is 0.426 e. The van der Waals surface area contributed by atoms with E-state index in [2.05, 4.69) is 26.2 Å². The Balaban J connectivity index is 1.58. The maximum absolute atomic E-state index is 12.3. The molecule has 1 heterocycles. The van der Waals surface area contributed by atoms with Gasteiger partial charge in [0.25, 0.3) is 0 Å². The summed E-state index contributed by atoms with van der Waals surface area (Å²) >= 11 is 4.94. The van der Waals surface area contributed by atoms with E-state index in [1.807, 2.05) is 43.5 Å². The fourth-order valence-electron chi connectivity index (χ4n) is 2.66. The highest BCUT2D eigenvalue weighted by atomic mass is 79.9. The molecule has 3 aromatic rings. The summed E-state index contributed by atoms with van der Waals surface area (Å²) in [6.45, 7) is 3.80. The number of rotatable bonds is 6. The van der Waals surface area contributed by atoms with Gasteiger partial charge in [-0.05, 0) is 50.2 Å². The van der Waals surface area contributed by atoms with Gasteiger partial charge in [-0.3, -0.25) is 9.69 Å². The Bertz CT molecular complexity index is 1030. The summed E-state index contributed by atoms with van der Waals surface area (Å²) in [5.41, 5.74) is 2.36. The van der Waals surface area contributed by atoms with Crippen LogP contribution in [0.5, 0.6) is 5.75 Å². The minimum absolute atomic E-state index is 0.0508. The van der Waals surface area contributed by atoms with E-state index in [9.17, 15) is 9.59 Å². The van der Waals surface area contributed by atoms with Crippen molar-refractivity contribution in [2.75, 3.05) is 11.9 Å². The minimum Gasteiger partial charge on any atom is -0.426 e. The second-order valence-electron chi connectivity index (χ2n) is 6.96. The highest BCUT2D eigenvalue weighted by molar-refractivity contribution is 9.10. The molecular formula is C22H22BrN3O3S. The van der Waals surface area contributed by atoms with Crippen LogP contribution in [0.25, 0.3) is 10.6 Å². The molecule has 2 amide bonds. The molecule has 0 atom stereocenters. The molecule has 0 aliphatic carbocycles. The predicted molar refractivity (Wildman–Crippen MR) is 123 cm³/mol. The van der Waals surface area contributed by atoms with E-state index in [1.165, 1.54) is 16.2 Å². The van der Waals surface area contributed by atoms with Crippen molar-refractivity contribution in [2.24, 2.45) is 0 Å². The Morgan fingerprint density at radius 1 is 1.20 bits per heavy atom. The van der Waals surface area contributed by atoms with Crippen LogP contribution >= 0.6 is 27.3 Å². The Morgan fingerprint density at radius 2 is 1.93 bits per heavy atom. The first kappa shape index (κ1) is 22.0. The highest BCUT2D eigenvalue weighted by Crippen LogP contribution is 2.26. The smallest absolute Gasteiger partial charge is 0.321 e. The normalized spacial score (nSPS) is 10.7. The summed E-state index contributed by atoms with van der Waals surface area (Å²) in [4.78, 5) is 30.4. The third-order valence-electron chi connectivity index (χ3n) is 4.12. The number of hydrogen-bond donors (Lipinski definition) is 1. The van der Waals surface area contributed by atoms with Gasteiger partial charge in [0, 0.05) is 34.2 Å². The minimum atomic E-state index is -0.389. The zero-order chi connectivity index (χ0) is 21.7. The number of thiazole rings is 1. The van der Waals surface area contributed by atoms with Gasteiger partial charge in [0.05, 0.1) is 12.1 Å². The van der Waals surface area contributed by atoms with Crippen molar-refractivity contribution in [3.05, 3.63) is 64.1 Å². The number of anilines is 1. The number of carbonyl (C=O) groups excluding carboxylic acids is 2. The molecule has 0 radical (unpaired) electrons. The first-order chi connectivity index (χ1) is 14.3. The number of esters is 1. The zero-order valence-corrected chi connectivity index (χ0v) is 19.3. The number of halogens is 1. The van der Waals surface area contributed by atoms with Crippen LogP contribution in [-0.4, -0.2) is 30.1 Å². The maximum atomic E-state index is 12.3. The van der Waals surface area contributed by atoms with Crippen LogP contribution < -0.4 is 15.0 Å². The van der Waals surface area contributed by atoms with Gasteiger partial charge in [-0.1, -0.05) is 28.1 Å². The molecule has 3 rings (SSSR count). The summed E-state index contributed by atoms with van der Waals surface area (Å²) in [7, 11) is 1.68. The van der Waals surface area contributed by atoms with Crippen molar-refractivity contribution in [3.8, 4) is 16.3 Å². The second-order valence-corrected chi connectivity index (χ2v) is 8.74. The number of carbonyl (C=O) groups is 2. The average molecular weight is 488 g/mol. The van der Waals surface area contributed by atoms with Gasteiger partial charge in [-0.2, -0.15) is 0 Å². The van der Waals surface area contributed by atoms with Crippen LogP contribution in [-0.2, 0) is 11.2 Å². The molecule has 0 saturated carbocycles. The third-order valence-corrected chi connectivity index (χ3v) is 5.55. The van der Waals surface area contributed by atoms with Crippen LogP contribution in [0.15, 0.2) is 58.4 Å². The lowest BCUT2D eigenvalue weighted by Crippen LogP contribution is -2.40. The fraction of sp³-hybridized carbons (Fsp3) is 0.227. The average Bonchev–Trinajstić information content (AvgIpc) is 3.16. The highest BCUT2D eigenvalue weighted by Gasteiger charge is 2.14. The second kappa shape index (κ2) is 9.86. The Labute approximate surface area is 188 Å². The third kappa shape index (κ3) is 5.90. The van der Waals surface area contributed by atoms with E-state index >= 15 is 0 Å². The van der Waals surface area contributed by atoms with Gasteiger partial charge < -0.3 is 10.1 Å². The number of nitrogens with one attached hydrogen (secondary N) is 1. The number of amides is 2. The van der Waals surface area contributed by atoms with E-state index in [1.54, 1.807) is 31.3 Å². The topological polar surface area (TPSA) is 71.5 Å². The van der Waals surface area contributed by atoms with Crippen molar-refractivity contribution in [2.45, 2.75) is 26.3 Å². The van der Waals surface area contributed by atoms with E-state index in [0.29, 0.717) is 17.1 Å². The lowest BCUT2D eigenvalue weighted by atomic mass is 10.2. The number of hydrogen-bond acceptors (Lipinski definition) is 5. The van der Waals surface area contributed by atoms with Gasteiger partial charge in [0.15, 0.2) is 0 Å². The van der Waals surface area contributed by atoms with Crippen LogP contribution in [0.3, 0.4) is 0 Å². The molecule has 0 saturated heterocycles. The number of aromatic nitrogens is 1. The SMILES string of the molecule is CC(C)NC(=O)N(C)c1ccc(OC(=O)Cc2csc(-c3cccc(Br)c3)n2)cc1. The fourth-order valence-corrected chi connectivity index (χ4v) is 3.87. The molecule has 0 bridgehead atoms. The standard InChI is InChI=1S/C22H22BrN3O3S/c1-14(2)24-22(28)26(3)18-7-9-19(10-8-18)29-20(27)12-17-13-30-21(25-17)15-5-4-6-16(23)11-15/h4-11,13-14H,12H2,1-3H3,(H,24,28). The summed E-state index contributed by atoms with van der Waals surface area (Å²) < 4.78 is 6.39. The molecule has 0 aliphatic rings. The lowest BCUT2D eigenvalue weighted by molar-refractivity contribution is -0.133. The molecule has 8 heteroatoms. The van der Waals surface area contributed by atoms with Gasteiger partial charge in [0.1, 0.15) is 10.8 Å². The quantitative estimate of drug-likeness (QED) is 0.379. The molecule has 0 spiro atoms. The molecule has 1 aromatic heterocycles. The molecule has 6 nitrogen and oxygen atoms in total. The molecule has 2 aromatic carbocycles. The van der Waals surface area contributed by atoms with Gasteiger partial charge in [-0.25, -0.2) is 9.78 Å². The van der Waals surface area contributed by atoms with Crippen molar-refractivity contribution in [3.63, 3.8) is 0 Å². The molecule has 30 heavy (non-hydrogen) atoms. The summed E-state index contributed by atoms with van der Waals surface area (Å²) in [5.74, 6) is 0.0311. The molecule has 0 fully saturated rings. The summed E-state index contributed by atoms with van der Waals surface area (Å²) in [6.07, 6.45) is 0.0863. The van der Waals surface area contributed by atoms with Gasteiger partial charge in [0.2, 0.25) is 0 Å². The Morgan fingerprint density at radius 3 is 2.60 bits per heavy atom. The van der Waals surface area contributed by atoms with E-state index < -0.39 is 0 Å².